The average molecular weight is 192 g/mol. The molecule has 1 heterocycles. The zero-order valence-corrected chi connectivity index (χ0v) is 8.24. The Hall–Kier alpha value is 0.210. The first kappa shape index (κ1) is 10.3. The summed E-state index contributed by atoms with van der Waals surface area (Å²) in [6, 6.07) is 0. The maximum Gasteiger partial charge on any atom is 0.0728 e. The second-order valence-electron chi connectivity index (χ2n) is 3.66. The summed E-state index contributed by atoms with van der Waals surface area (Å²) >= 11 is 0. The third-order valence-electron chi connectivity index (χ3n) is 2.88. The monoisotopic (exact) mass is 191 g/mol. The fourth-order valence-electron chi connectivity index (χ4n) is 2.22. The molecular formula is C9H18ClNO. The number of halogens is 1. The van der Waals surface area contributed by atoms with E-state index in [0.717, 1.165) is 25.6 Å². The highest BCUT2D eigenvalue weighted by atomic mass is 35.5. The summed E-state index contributed by atoms with van der Waals surface area (Å²) in [6.45, 7) is 3.05. The van der Waals surface area contributed by atoms with Gasteiger partial charge in [0.1, 0.15) is 0 Å². The molecule has 2 rings (SSSR count). The average Bonchev–Trinajstić information content (AvgIpc) is 2.58. The van der Waals surface area contributed by atoms with E-state index >= 15 is 0 Å². The predicted molar refractivity (Wildman–Crippen MR) is 51.8 cm³/mol. The van der Waals surface area contributed by atoms with E-state index in [-0.39, 0.29) is 12.4 Å². The van der Waals surface area contributed by atoms with Crippen LogP contribution in [0.2, 0.25) is 0 Å². The molecular weight excluding hydrogens is 174 g/mol. The topological polar surface area (TPSA) is 21.3 Å². The van der Waals surface area contributed by atoms with Crippen molar-refractivity contribution in [1.29, 1.82) is 0 Å². The lowest BCUT2D eigenvalue weighted by Crippen LogP contribution is -2.41. The standard InChI is InChI=1S/C9H17NO.ClH/c1-2-4-8(3-1)9-7-10-5-6-11-9;/h8-10H,1-7H2;1H. The summed E-state index contributed by atoms with van der Waals surface area (Å²) in [5.41, 5.74) is 0. The first-order valence-electron chi connectivity index (χ1n) is 4.79. The van der Waals surface area contributed by atoms with Crippen molar-refractivity contribution in [3.8, 4) is 0 Å². The van der Waals surface area contributed by atoms with E-state index in [1.165, 1.54) is 25.7 Å². The minimum Gasteiger partial charge on any atom is -0.375 e. The fraction of sp³-hybridized carbons (Fsp3) is 1.00. The van der Waals surface area contributed by atoms with E-state index in [0.29, 0.717) is 6.10 Å². The van der Waals surface area contributed by atoms with Gasteiger partial charge in [0.15, 0.2) is 0 Å². The zero-order chi connectivity index (χ0) is 7.52. The Morgan fingerprint density at radius 3 is 2.50 bits per heavy atom. The second kappa shape index (κ2) is 5.05. The molecule has 3 heteroatoms. The van der Waals surface area contributed by atoms with Gasteiger partial charge in [0, 0.05) is 13.1 Å². The van der Waals surface area contributed by atoms with Gasteiger partial charge in [-0.25, -0.2) is 0 Å². The van der Waals surface area contributed by atoms with Gasteiger partial charge in [0.05, 0.1) is 12.7 Å². The molecule has 1 unspecified atom stereocenters. The van der Waals surface area contributed by atoms with E-state index in [9.17, 15) is 0 Å². The van der Waals surface area contributed by atoms with Crippen LogP contribution in [-0.4, -0.2) is 25.8 Å². The number of hydrogen-bond acceptors (Lipinski definition) is 2. The van der Waals surface area contributed by atoms with Crippen LogP contribution in [0.15, 0.2) is 0 Å². The van der Waals surface area contributed by atoms with Gasteiger partial charge >= 0.3 is 0 Å². The van der Waals surface area contributed by atoms with Gasteiger partial charge < -0.3 is 10.1 Å². The van der Waals surface area contributed by atoms with E-state index < -0.39 is 0 Å². The highest BCUT2D eigenvalue weighted by Gasteiger charge is 2.26. The van der Waals surface area contributed by atoms with E-state index in [4.69, 9.17) is 4.74 Å². The Morgan fingerprint density at radius 2 is 1.92 bits per heavy atom. The Labute approximate surface area is 80.5 Å². The lowest BCUT2D eigenvalue weighted by atomic mass is 10.0. The molecule has 0 bridgehead atoms. The van der Waals surface area contributed by atoms with Gasteiger partial charge in [0.2, 0.25) is 0 Å². The zero-order valence-electron chi connectivity index (χ0n) is 7.42. The van der Waals surface area contributed by atoms with Crippen LogP contribution in [0.5, 0.6) is 0 Å². The molecule has 0 spiro atoms. The molecule has 1 aliphatic carbocycles. The summed E-state index contributed by atoms with van der Waals surface area (Å²) < 4.78 is 5.70. The van der Waals surface area contributed by atoms with Crippen molar-refractivity contribution in [3.63, 3.8) is 0 Å². The number of hydrogen-bond donors (Lipinski definition) is 1. The quantitative estimate of drug-likeness (QED) is 0.680. The normalized spacial score (nSPS) is 31.5. The molecule has 2 fully saturated rings. The van der Waals surface area contributed by atoms with Crippen molar-refractivity contribution < 1.29 is 4.74 Å². The van der Waals surface area contributed by atoms with Crippen LogP contribution in [0.3, 0.4) is 0 Å². The number of nitrogens with one attached hydrogen (secondary N) is 1. The molecule has 1 N–H and O–H groups in total. The fourth-order valence-corrected chi connectivity index (χ4v) is 2.22. The lowest BCUT2D eigenvalue weighted by molar-refractivity contribution is -0.00722. The minimum atomic E-state index is 0. The van der Waals surface area contributed by atoms with Crippen LogP contribution >= 0.6 is 12.4 Å². The van der Waals surface area contributed by atoms with Crippen molar-refractivity contribution >= 4 is 12.4 Å². The number of morpholine rings is 1. The number of rotatable bonds is 1. The second-order valence-corrected chi connectivity index (χ2v) is 3.66. The van der Waals surface area contributed by atoms with Crippen molar-refractivity contribution in [3.05, 3.63) is 0 Å². The van der Waals surface area contributed by atoms with Crippen LogP contribution in [0, 0.1) is 5.92 Å². The minimum absolute atomic E-state index is 0. The van der Waals surface area contributed by atoms with Crippen LogP contribution in [0.25, 0.3) is 0 Å². The Bertz CT molecular complexity index is 120. The molecule has 0 aromatic rings. The van der Waals surface area contributed by atoms with Gasteiger partial charge in [-0.3, -0.25) is 0 Å². The lowest BCUT2D eigenvalue weighted by Gasteiger charge is -2.28. The molecule has 2 aliphatic rings. The molecule has 1 saturated carbocycles. The first-order chi connectivity index (χ1) is 5.47. The molecule has 2 nitrogen and oxygen atoms in total. The Morgan fingerprint density at radius 1 is 1.17 bits per heavy atom. The summed E-state index contributed by atoms with van der Waals surface area (Å²) in [5.74, 6) is 0.864. The van der Waals surface area contributed by atoms with E-state index in [2.05, 4.69) is 5.32 Å². The highest BCUT2D eigenvalue weighted by Crippen LogP contribution is 2.29. The van der Waals surface area contributed by atoms with Crippen LogP contribution in [0.4, 0.5) is 0 Å². The summed E-state index contributed by atoms with van der Waals surface area (Å²) in [5, 5.41) is 3.39. The van der Waals surface area contributed by atoms with Crippen LogP contribution in [-0.2, 0) is 4.74 Å². The molecule has 1 atom stereocenters. The third kappa shape index (κ3) is 2.35. The predicted octanol–water partition coefficient (Wildman–Crippen LogP) is 1.59. The first-order valence-corrected chi connectivity index (χ1v) is 4.79. The number of ether oxygens (including phenoxy) is 1. The molecule has 12 heavy (non-hydrogen) atoms. The van der Waals surface area contributed by atoms with Crippen LogP contribution < -0.4 is 5.32 Å². The smallest absolute Gasteiger partial charge is 0.0728 e. The molecule has 1 saturated heterocycles. The molecule has 1 aliphatic heterocycles. The van der Waals surface area contributed by atoms with Gasteiger partial charge in [-0.15, -0.1) is 12.4 Å². The maximum absolute atomic E-state index is 5.70. The Balaban J connectivity index is 0.000000720. The van der Waals surface area contributed by atoms with Crippen molar-refractivity contribution in [2.45, 2.75) is 31.8 Å². The van der Waals surface area contributed by atoms with Crippen molar-refractivity contribution in [2.24, 2.45) is 5.92 Å². The van der Waals surface area contributed by atoms with E-state index in [1.54, 1.807) is 0 Å². The van der Waals surface area contributed by atoms with Crippen molar-refractivity contribution in [2.75, 3.05) is 19.7 Å². The van der Waals surface area contributed by atoms with Crippen molar-refractivity contribution in [1.82, 2.24) is 5.32 Å². The largest absolute Gasteiger partial charge is 0.375 e. The Kier molecular flexibility index (Phi) is 4.33. The van der Waals surface area contributed by atoms with Crippen LogP contribution in [0.1, 0.15) is 25.7 Å². The SMILES string of the molecule is C1CCC(C2CNCCO2)C1.Cl. The van der Waals surface area contributed by atoms with Gasteiger partial charge in [-0.2, -0.15) is 0 Å². The molecule has 0 amide bonds. The summed E-state index contributed by atoms with van der Waals surface area (Å²) in [6.07, 6.45) is 6.17. The highest BCUT2D eigenvalue weighted by molar-refractivity contribution is 5.85. The summed E-state index contributed by atoms with van der Waals surface area (Å²) in [4.78, 5) is 0. The molecule has 0 aromatic heterocycles. The third-order valence-corrected chi connectivity index (χ3v) is 2.88. The van der Waals surface area contributed by atoms with Gasteiger partial charge in [0.25, 0.3) is 0 Å². The summed E-state index contributed by atoms with van der Waals surface area (Å²) in [7, 11) is 0. The van der Waals surface area contributed by atoms with Gasteiger partial charge in [-0.1, -0.05) is 12.8 Å². The molecule has 72 valence electrons. The van der Waals surface area contributed by atoms with E-state index in [1.807, 2.05) is 0 Å². The van der Waals surface area contributed by atoms with Gasteiger partial charge in [-0.05, 0) is 18.8 Å². The maximum atomic E-state index is 5.70. The molecule has 0 radical (unpaired) electrons. The molecule has 0 aromatic carbocycles.